The summed E-state index contributed by atoms with van der Waals surface area (Å²) in [6.45, 7) is 0.347. The second-order valence-electron chi connectivity index (χ2n) is 7.69. The third-order valence-corrected chi connectivity index (χ3v) is 6.80. The number of nitrogens with zero attached hydrogens (tertiary/aromatic N) is 1. The van der Waals surface area contributed by atoms with Gasteiger partial charge >= 0.3 is 5.97 Å². The Morgan fingerprint density at radius 1 is 0.914 bits per heavy atom. The van der Waals surface area contributed by atoms with Crippen LogP contribution in [0.15, 0.2) is 83.8 Å². The number of benzene rings is 3. The summed E-state index contributed by atoms with van der Waals surface area (Å²) in [5.41, 5.74) is 2.04. The number of nitrogens with one attached hydrogen (secondary N) is 1. The first-order valence-corrected chi connectivity index (χ1v) is 12.5. The molecule has 0 spiro atoms. The maximum absolute atomic E-state index is 13.0. The van der Waals surface area contributed by atoms with Gasteiger partial charge in [0.2, 0.25) is 10.0 Å². The van der Waals surface area contributed by atoms with Crippen molar-refractivity contribution in [3.05, 3.63) is 95.6 Å². The number of rotatable bonds is 11. The number of carbonyl (C=O) groups excluding carboxylic acids is 2. The molecule has 0 aromatic heterocycles. The fourth-order valence-electron chi connectivity index (χ4n) is 3.43. The number of esters is 1. The molecule has 0 aliphatic rings. The van der Waals surface area contributed by atoms with Gasteiger partial charge in [-0.05, 0) is 42.8 Å². The van der Waals surface area contributed by atoms with Crippen molar-refractivity contribution in [2.75, 3.05) is 27.3 Å². The number of hydrogen-bond acceptors (Lipinski definition) is 6. The van der Waals surface area contributed by atoms with Crippen LogP contribution < -0.4 is 9.46 Å². The van der Waals surface area contributed by atoms with Gasteiger partial charge in [-0.25, -0.2) is 17.9 Å². The molecule has 1 amide bonds. The van der Waals surface area contributed by atoms with Crippen LogP contribution in [0.3, 0.4) is 0 Å². The van der Waals surface area contributed by atoms with Gasteiger partial charge in [-0.1, -0.05) is 60.7 Å². The quantitative estimate of drug-likeness (QED) is 0.410. The van der Waals surface area contributed by atoms with E-state index in [1.807, 2.05) is 60.7 Å². The summed E-state index contributed by atoms with van der Waals surface area (Å²) >= 11 is 0. The second-order valence-corrected chi connectivity index (χ2v) is 9.54. The smallest absolute Gasteiger partial charge is 0.338 e. The molecule has 0 unspecified atom stereocenters. The Balaban J connectivity index is 1.71. The number of sulfonamides is 1. The number of ether oxygens (including phenoxy) is 2. The van der Waals surface area contributed by atoms with Crippen LogP contribution in [-0.2, 0) is 32.5 Å². The SMILES string of the molecule is CNS(=O)(=O)c1cc(C(=O)OCC(=O)N(CCc2ccccc2)Cc2ccccc2)ccc1OC. The number of amides is 1. The highest BCUT2D eigenvalue weighted by Gasteiger charge is 2.22. The van der Waals surface area contributed by atoms with Crippen molar-refractivity contribution < 1.29 is 27.5 Å². The minimum Gasteiger partial charge on any atom is -0.495 e. The second kappa shape index (κ2) is 12.1. The summed E-state index contributed by atoms with van der Waals surface area (Å²) in [5.74, 6) is -1.08. The molecule has 9 heteroatoms. The molecule has 1 N–H and O–H groups in total. The third kappa shape index (κ3) is 7.14. The molecule has 0 bridgehead atoms. The fourth-order valence-corrected chi connectivity index (χ4v) is 4.35. The first-order chi connectivity index (χ1) is 16.8. The largest absolute Gasteiger partial charge is 0.495 e. The molecule has 3 aromatic rings. The summed E-state index contributed by atoms with van der Waals surface area (Å²) in [6.07, 6.45) is 0.650. The molecule has 0 saturated carbocycles. The molecule has 8 nitrogen and oxygen atoms in total. The third-order valence-electron chi connectivity index (χ3n) is 5.37. The zero-order valence-electron chi connectivity index (χ0n) is 19.6. The summed E-state index contributed by atoms with van der Waals surface area (Å²) < 4.78 is 37.1. The molecule has 0 radical (unpaired) electrons. The fraction of sp³-hybridized carbons (Fsp3) is 0.231. The van der Waals surface area contributed by atoms with E-state index in [2.05, 4.69) is 4.72 Å². The Labute approximate surface area is 205 Å². The normalized spacial score (nSPS) is 11.0. The topological polar surface area (TPSA) is 102 Å². The van der Waals surface area contributed by atoms with Crippen LogP contribution >= 0.6 is 0 Å². The van der Waals surface area contributed by atoms with Crippen LogP contribution in [0.1, 0.15) is 21.5 Å². The van der Waals surface area contributed by atoms with Crippen molar-refractivity contribution in [2.24, 2.45) is 0 Å². The Morgan fingerprint density at radius 2 is 1.54 bits per heavy atom. The average Bonchev–Trinajstić information content (AvgIpc) is 2.90. The molecule has 0 aliphatic heterocycles. The molecule has 3 aromatic carbocycles. The van der Waals surface area contributed by atoms with Crippen molar-refractivity contribution >= 4 is 21.9 Å². The van der Waals surface area contributed by atoms with Gasteiger partial charge in [0.15, 0.2) is 6.61 Å². The maximum Gasteiger partial charge on any atom is 0.338 e. The van der Waals surface area contributed by atoms with Crippen LogP contribution in [0.4, 0.5) is 0 Å². The van der Waals surface area contributed by atoms with Gasteiger partial charge in [-0.3, -0.25) is 4.79 Å². The molecule has 0 heterocycles. The van der Waals surface area contributed by atoms with Crippen LogP contribution in [0, 0.1) is 0 Å². The Kier molecular flexibility index (Phi) is 8.99. The van der Waals surface area contributed by atoms with E-state index in [9.17, 15) is 18.0 Å². The number of carbonyl (C=O) groups is 2. The van der Waals surface area contributed by atoms with Gasteiger partial charge in [0.1, 0.15) is 10.6 Å². The lowest BCUT2D eigenvalue weighted by Gasteiger charge is -2.23. The lowest BCUT2D eigenvalue weighted by atomic mass is 10.1. The van der Waals surface area contributed by atoms with Crippen molar-refractivity contribution in [2.45, 2.75) is 17.9 Å². The lowest BCUT2D eigenvalue weighted by Crippen LogP contribution is -2.36. The lowest BCUT2D eigenvalue weighted by molar-refractivity contribution is -0.135. The summed E-state index contributed by atoms with van der Waals surface area (Å²) in [5, 5.41) is 0. The monoisotopic (exact) mass is 496 g/mol. The van der Waals surface area contributed by atoms with E-state index in [0.29, 0.717) is 19.5 Å². The average molecular weight is 497 g/mol. The molecule has 0 aliphatic carbocycles. The van der Waals surface area contributed by atoms with Crippen molar-refractivity contribution in [3.8, 4) is 5.75 Å². The Hall–Kier alpha value is -3.69. The molecular weight excluding hydrogens is 468 g/mol. The molecule has 0 atom stereocenters. The number of methoxy groups -OCH3 is 1. The van der Waals surface area contributed by atoms with Gasteiger partial charge in [0.25, 0.3) is 5.91 Å². The molecule has 35 heavy (non-hydrogen) atoms. The first-order valence-electron chi connectivity index (χ1n) is 11.0. The van der Waals surface area contributed by atoms with E-state index in [-0.39, 0.29) is 22.1 Å². The van der Waals surface area contributed by atoms with Crippen LogP contribution in [-0.4, -0.2) is 52.5 Å². The predicted octanol–water partition coefficient (Wildman–Crippen LogP) is 3.03. The van der Waals surface area contributed by atoms with Gasteiger partial charge < -0.3 is 14.4 Å². The molecular formula is C26H28N2O6S. The van der Waals surface area contributed by atoms with Gasteiger partial charge in [-0.15, -0.1) is 0 Å². The Morgan fingerprint density at radius 3 is 2.14 bits per heavy atom. The van der Waals surface area contributed by atoms with Crippen molar-refractivity contribution in [3.63, 3.8) is 0 Å². The molecule has 3 rings (SSSR count). The summed E-state index contributed by atoms with van der Waals surface area (Å²) in [4.78, 5) is 27.1. The van der Waals surface area contributed by atoms with E-state index in [1.165, 1.54) is 26.3 Å². The minimum absolute atomic E-state index is 0.00804. The molecule has 0 fully saturated rings. The summed E-state index contributed by atoms with van der Waals surface area (Å²) in [6, 6.07) is 23.3. The first kappa shape index (κ1) is 25.9. The molecule has 184 valence electrons. The van der Waals surface area contributed by atoms with Crippen LogP contribution in [0.5, 0.6) is 5.75 Å². The highest BCUT2D eigenvalue weighted by molar-refractivity contribution is 7.89. The van der Waals surface area contributed by atoms with Crippen LogP contribution in [0.2, 0.25) is 0 Å². The zero-order chi connectivity index (χ0) is 25.3. The summed E-state index contributed by atoms with van der Waals surface area (Å²) in [7, 11) is -1.28. The van der Waals surface area contributed by atoms with Crippen molar-refractivity contribution in [1.82, 2.24) is 9.62 Å². The van der Waals surface area contributed by atoms with E-state index >= 15 is 0 Å². The standard InChI is InChI=1S/C26H28N2O6S/c1-27-35(31,32)24-17-22(13-14-23(24)33-2)26(30)34-19-25(29)28(18-21-11-7-4-8-12-21)16-15-20-9-5-3-6-10-20/h3-14,17,27H,15-16,18-19H2,1-2H3. The highest BCUT2D eigenvalue weighted by atomic mass is 32.2. The number of hydrogen-bond donors (Lipinski definition) is 1. The van der Waals surface area contributed by atoms with Gasteiger partial charge in [0, 0.05) is 13.1 Å². The highest BCUT2D eigenvalue weighted by Crippen LogP contribution is 2.25. The van der Waals surface area contributed by atoms with E-state index < -0.39 is 22.6 Å². The zero-order valence-corrected chi connectivity index (χ0v) is 20.5. The van der Waals surface area contributed by atoms with Gasteiger partial charge in [-0.2, -0.15) is 0 Å². The van der Waals surface area contributed by atoms with E-state index in [1.54, 1.807) is 4.90 Å². The van der Waals surface area contributed by atoms with Crippen LogP contribution in [0.25, 0.3) is 0 Å². The minimum atomic E-state index is -3.87. The molecule has 0 saturated heterocycles. The van der Waals surface area contributed by atoms with E-state index in [4.69, 9.17) is 9.47 Å². The van der Waals surface area contributed by atoms with Crippen molar-refractivity contribution in [1.29, 1.82) is 0 Å². The maximum atomic E-state index is 13.0. The predicted molar refractivity (Wildman–Crippen MR) is 132 cm³/mol. The Bertz CT molecular complexity index is 1250. The van der Waals surface area contributed by atoms with Gasteiger partial charge in [0.05, 0.1) is 12.7 Å². The van der Waals surface area contributed by atoms with E-state index in [0.717, 1.165) is 17.2 Å².